The second-order valence-corrected chi connectivity index (χ2v) is 8.04. The first-order chi connectivity index (χ1) is 15.6. The summed E-state index contributed by atoms with van der Waals surface area (Å²) in [6.45, 7) is 1.68. The molecule has 0 N–H and O–H groups in total. The lowest BCUT2D eigenvalue weighted by molar-refractivity contribution is -0.152. The summed E-state index contributed by atoms with van der Waals surface area (Å²) in [4.78, 5) is 25.7. The monoisotopic (exact) mass is 436 g/mol. The number of esters is 1. The Hall–Kier alpha value is -3.28. The summed E-state index contributed by atoms with van der Waals surface area (Å²) < 4.78 is 22.6. The van der Waals surface area contributed by atoms with Crippen molar-refractivity contribution < 1.29 is 23.4 Å². The molecule has 0 spiro atoms. The lowest BCUT2D eigenvalue weighted by Gasteiger charge is -2.21. The molecule has 0 amide bonds. The van der Waals surface area contributed by atoms with Gasteiger partial charge in [-0.1, -0.05) is 19.4 Å². The molecule has 0 atom stereocenters. The van der Waals surface area contributed by atoms with E-state index >= 15 is 0 Å². The van der Waals surface area contributed by atoms with E-state index in [1.54, 1.807) is 37.4 Å². The largest absolute Gasteiger partial charge is 0.497 e. The van der Waals surface area contributed by atoms with Crippen LogP contribution in [0.25, 0.3) is 22.3 Å². The van der Waals surface area contributed by atoms with Gasteiger partial charge in [-0.05, 0) is 74.1 Å². The SMILES string of the molecule is CCc1ccc2oc(-c3ccc(OC)cc3)c(OCC(=O)OC3CCCCC3)c(=O)c2c1. The van der Waals surface area contributed by atoms with Gasteiger partial charge in [0.15, 0.2) is 12.4 Å². The Labute approximate surface area is 187 Å². The summed E-state index contributed by atoms with van der Waals surface area (Å²) in [5.74, 6) is 0.499. The fourth-order valence-electron chi connectivity index (χ4n) is 4.04. The minimum atomic E-state index is -0.473. The van der Waals surface area contributed by atoms with E-state index in [2.05, 4.69) is 0 Å². The maximum Gasteiger partial charge on any atom is 0.344 e. The van der Waals surface area contributed by atoms with E-state index in [0.29, 0.717) is 22.3 Å². The van der Waals surface area contributed by atoms with Crippen molar-refractivity contribution in [3.8, 4) is 22.8 Å². The number of methoxy groups -OCH3 is 1. The maximum atomic E-state index is 13.4. The second-order valence-electron chi connectivity index (χ2n) is 8.04. The van der Waals surface area contributed by atoms with Crippen LogP contribution in [0.5, 0.6) is 11.5 Å². The summed E-state index contributed by atoms with van der Waals surface area (Å²) in [7, 11) is 1.59. The van der Waals surface area contributed by atoms with Gasteiger partial charge in [0.2, 0.25) is 11.2 Å². The van der Waals surface area contributed by atoms with E-state index < -0.39 is 5.97 Å². The van der Waals surface area contributed by atoms with Crippen molar-refractivity contribution in [2.45, 2.75) is 51.6 Å². The van der Waals surface area contributed by atoms with Gasteiger partial charge in [-0.15, -0.1) is 0 Å². The molecule has 6 nitrogen and oxygen atoms in total. The molecule has 0 saturated heterocycles. The highest BCUT2D eigenvalue weighted by Crippen LogP contribution is 2.32. The summed E-state index contributed by atoms with van der Waals surface area (Å²) in [5.41, 5.74) is 1.83. The highest BCUT2D eigenvalue weighted by Gasteiger charge is 2.22. The number of ether oxygens (including phenoxy) is 3. The summed E-state index contributed by atoms with van der Waals surface area (Å²) in [6, 6.07) is 12.7. The van der Waals surface area contributed by atoms with Crippen molar-refractivity contribution in [1.29, 1.82) is 0 Å². The van der Waals surface area contributed by atoms with Crippen molar-refractivity contribution in [3.63, 3.8) is 0 Å². The first kappa shape index (κ1) is 21.9. The van der Waals surface area contributed by atoms with Crippen LogP contribution in [0, 0.1) is 0 Å². The van der Waals surface area contributed by atoms with Gasteiger partial charge in [-0.3, -0.25) is 4.79 Å². The molecule has 1 heterocycles. The predicted molar refractivity (Wildman–Crippen MR) is 122 cm³/mol. The van der Waals surface area contributed by atoms with Gasteiger partial charge in [-0.25, -0.2) is 4.79 Å². The normalized spacial score (nSPS) is 14.3. The number of fused-ring (bicyclic) bond motifs is 1. The number of hydrogen-bond donors (Lipinski definition) is 0. The van der Waals surface area contributed by atoms with Crippen molar-refractivity contribution in [1.82, 2.24) is 0 Å². The Bertz CT molecular complexity index is 1140. The molecule has 1 aliphatic rings. The Balaban J connectivity index is 1.67. The molecule has 1 fully saturated rings. The molecule has 0 unspecified atom stereocenters. The van der Waals surface area contributed by atoms with Crippen LogP contribution in [-0.2, 0) is 16.0 Å². The molecule has 0 aliphatic heterocycles. The van der Waals surface area contributed by atoms with Gasteiger partial charge in [-0.2, -0.15) is 0 Å². The van der Waals surface area contributed by atoms with Crippen molar-refractivity contribution in [3.05, 3.63) is 58.3 Å². The molecule has 4 rings (SSSR count). The second kappa shape index (κ2) is 9.90. The molecule has 6 heteroatoms. The van der Waals surface area contributed by atoms with Crippen molar-refractivity contribution in [2.24, 2.45) is 0 Å². The highest BCUT2D eigenvalue weighted by molar-refractivity contribution is 5.83. The van der Waals surface area contributed by atoms with Crippen LogP contribution in [0.15, 0.2) is 51.7 Å². The van der Waals surface area contributed by atoms with E-state index in [1.165, 1.54) is 6.42 Å². The smallest absolute Gasteiger partial charge is 0.344 e. The third-order valence-corrected chi connectivity index (χ3v) is 5.86. The molecule has 0 bridgehead atoms. The minimum Gasteiger partial charge on any atom is -0.497 e. The fraction of sp³-hybridized carbons (Fsp3) is 0.385. The van der Waals surface area contributed by atoms with Crippen LogP contribution < -0.4 is 14.9 Å². The Morgan fingerprint density at radius 1 is 1.06 bits per heavy atom. The molecule has 2 aromatic carbocycles. The van der Waals surface area contributed by atoms with Gasteiger partial charge in [0, 0.05) is 5.56 Å². The minimum absolute atomic E-state index is 0.0107. The summed E-state index contributed by atoms with van der Waals surface area (Å²) in [5, 5.41) is 0.428. The Morgan fingerprint density at radius 2 is 1.81 bits per heavy atom. The molecule has 3 aromatic rings. The Morgan fingerprint density at radius 3 is 2.50 bits per heavy atom. The van der Waals surface area contributed by atoms with Gasteiger partial charge < -0.3 is 18.6 Å². The first-order valence-corrected chi connectivity index (χ1v) is 11.2. The highest BCUT2D eigenvalue weighted by atomic mass is 16.6. The first-order valence-electron chi connectivity index (χ1n) is 11.2. The standard InChI is InChI=1S/C26H28O6/c1-3-17-9-14-22-21(15-17)24(28)26(25(32-22)18-10-12-19(29-2)13-11-18)30-16-23(27)31-20-7-5-4-6-8-20/h9-15,20H,3-8,16H2,1-2H3. The molecule has 32 heavy (non-hydrogen) atoms. The predicted octanol–water partition coefficient (Wildman–Crippen LogP) is 5.29. The zero-order valence-electron chi connectivity index (χ0n) is 18.5. The molecular weight excluding hydrogens is 408 g/mol. The third kappa shape index (κ3) is 4.79. The number of hydrogen-bond acceptors (Lipinski definition) is 6. The summed E-state index contributed by atoms with van der Waals surface area (Å²) in [6.07, 6.45) is 5.78. The van der Waals surface area contributed by atoms with E-state index in [9.17, 15) is 9.59 Å². The number of carbonyl (C=O) groups is 1. The summed E-state index contributed by atoms with van der Waals surface area (Å²) >= 11 is 0. The quantitative estimate of drug-likeness (QED) is 0.469. The van der Waals surface area contributed by atoms with Crippen LogP contribution in [-0.4, -0.2) is 25.8 Å². The number of benzene rings is 2. The molecule has 1 aliphatic carbocycles. The Kier molecular flexibility index (Phi) is 6.78. The van der Waals surface area contributed by atoms with Gasteiger partial charge in [0.05, 0.1) is 12.5 Å². The van der Waals surface area contributed by atoms with Crippen LogP contribution >= 0.6 is 0 Å². The average molecular weight is 437 g/mol. The fourth-order valence-corrected chi connectivity index (χ4v) is 4.04. The molecule has 0 radical (unpaired) electrons. The lowest BCUT2D eigenvalue weighted by Crippen LogP contribution is -2.25. The topological polar surface area (TPSA) is 75.0 Å². The van der Waals surface area contributed by atoms with Gasteiger partial charge in [0.25, 0.3) is 0 Å². The third-order valence-electron chi connectivity index (χ3n) is 5.86. The van der Waals surface area contributed by atoms with Crippen LogP contribution in [0.2, 0.25) is 0 Å². The van der Waals surface area contributed by atoms with Gasteiger partial charge in [0.1, 0.15) is 17.4 Å². The number of carbonyl (C=O) groups excluding carboxylic acids is 1. The molecular formula is C26H28O6. The molecule has 168 valence electrons. The lowest BCUT2D eigenvalue weighted by atomic mass is 9.98. The van der Waals surface area contributed by atoms with Crippen molar-refractivity contribution >= 4 is 16.9 Å². The van der Waals surface area contributed by atoms with Crippen LogP contribution in [0.1, 0.15) is 44.6 Å². The molecule has 1 aromatic heterocycles. The van der Waals surface area contributed by atoms with Gasteiger partial charge >= 0.3 is 5.97 Å². The van der Waals surface area contributed by atoms with E-state index in [1.807, 2.05) is 19.1 Å². The zero-order chi connectivity index (χ0) is 22.5. The number of aryl methyl sites for hydroxylation is 1. The van der Waals surface area contributed by atoms with Crippen LogP contribution in [0.4, 0.5) is 0 Å². The van der Waals surface area contributed by atoms with E-state index in [4.69, 9.17) is 18.6 Å². The van der Waals surface area contributed by atoms with E-state index in [-0.39, 0.29) is 29.6 Å². The molecule has 1 saturated carbocycles. The maximum absolute atomic E-state index is 13.4. The van der Waals surface area contributed by atoms with Crippen LogP contribution in [0.3, 0.4) is 0 Å². The average Bonchev–Trinajstić information content (AvgIpc) is 2.84. The number of rotatable bonds is 7. The van der Waals surface area contributed by atoms with E-state index in [0.717, 1.165) is 37.7 Å². The zero-order valence-corrected chi connectivity index (χ0v) is 18.5. The van der Waals surface area contributed by atoms with Crippen molar-refractivity contribution in [2.75, 3.05) is 13.7 Å².